The van der Waals surface area contributed by atoms with Gasteiger partial charge in [0.25, 0.3) is 0 Å². The highest BCUT2D eigenvalue weighted by Gasteiger charge is 2.22. The molecule has 3 rings (SSSR count). The number of piperazine rings is 1. The van der Waals surface area contributed by atoms with Gasteiger partial charge in [0.15, 0.2) is 0 Å². The van der Waals surface area contributed by atoms with Gasteiger partial charge in [-0.3, -0.25) is 4.79 Å². The molecule has 3 N–H and O–H groups in total. The largest absolute Gasteiger partial charge is 0.397 e. The molecule has 1 fully saturated rings. The maximum absolute atomic E-state index is 13.1. The van der Waals surface area contributed by atoms with E-state index in [0.717, 1.165) is 11.1 Å². The fourth-order valence-corrected chi connectivity index (χ4v) is 2.91. The van der Waals surface area contributed by atoms with Crippen molar-refractivity contribution in [1.29, 1.82) is 0 Å². The molecule has 26 heavy (non-hydrogen) atoms. The number of anilines is 2. The smallest absolute Gasteiger partial charge is 0.322 e. The second-order valence-corrected chi connectivity index (χ2v) is 6.23. The molecule has 6 nitrogen and oxygen atoms in total. The molecule has 0 aliphatic carbocycles. The van der Waals surface area contributed by atoms with E-state index in [9.17, 15) is 14.0 Å². The summed E-state index contributed by atoms with van der Waals surface area (Å²) in [5.74, 6) is -0.288. The highest BCUT2D eigenvalue weighted by molar-refractivity contribution is 5.94. The summed E-state index contributed by atoms with van der Waals surface area (Å²) in [6.07, 6.45) is 0. The van der Waals surface area contributed by atoms with Crippen molar-refractivity contribution >= 4 is 23.3 Å². The number of nitrogen functional groups attached to an aromatic ring is 1. The third-order valence-corrected chi connectivity index (χ3v) is 4.48. The number of nitrogens with two attached hydrogens (primary N) is 1. The molecule has 0 aromatic heterocycles. The highest BCUT2D eigenvalue weighted by Crippen LogP contribution is 2.27. The molecular weight excluding hydrogens is 335 g/mol. The van der Waals surface area contributed by atoms with Crippen molar-refractivity contribution in [3.63, 3.8) is 0 Å². The lowest BCUT2D eigenvalue weighted by Crippen LogP contribution is -2.51. The number of carbonyl (C=O) groups is 2. The Morgan fingerprint density at radius 3 is 2.15 bits per heavy atom. The van der Waals surface area contributed by atoms with Crippen LogP contribution in [0, 0.1) is 5.82 Å². The summed E-state index contributed by atoms with van der Waals surface area (Å²) in [5, 5.41) is 2.83. The standard InChI is InChI=1S/C19H21FN4O2/c1-13(25)23-8-10-24(11-9-23)19(26)22-18-12-15(4-7-17(18)21)14-2-5-16(20)6-3-14/h2-7,12H,8-11,21H2,1H3,(H,22,26). The van der Waals surface area contributed by atoms with E-state index < -0.39 is 0 Å². The fraction of sp³-hybridized carbons (Fsp3) is 0.263. The monoisotopic (exact) mass is 356 g/mol. The lowest BCUT2D eigenvalue weighted by atomic mass is 10.0. The van der Waals surface area contributed by atoms with Crippen molar-refractivity contribution in [2.45, 2.75) is 6.92 Å². The Morgan fingerprint density at radius 1 is 0.962 bits per heavy atom. The summed E-state index contributed by atoms with van der Waals surface area (Å²) < 4.78 is 13.1. The topological polar surface area (TPSA) is 78.7 Å². The number of urea groups is 1. The summed E-state index contributed by atoms with van der Waals surface area (Å²) in [7, 11) is 0. The minimum atomic E-state index is -0.303. The number of nitrogens with one attached hydrogen (secondary N) is 1. The van der Waals surface area contributed by atoms with Crippen LogP contribution in [0.5, 0.6) is 0 Å². The molecule has 2 aromatic rings. The first-order chi connectivity index (χ1) is 12.4. The summed E-state index contributed by atoms with van der Waals surface area (Å²) in [4.78, 5) is 27.2. The number of hydrogen-bond donors (Lipinski definition) is 2. The minimum Gasteiger partial charge on any atom is -0.397 e. The molecule has 1 aliphatic rings. The molecule has 1 heterocycles. The third-order valence-electron chi connectivity index (χ3n) is 4.48. The van der Waals surface area contributed by atoms with Crippen molar-refractivity contribution in [2.24, 2.45) is 0 Å². The Kier molecular flexibility index (Phi) is 5.06. The van der Waals surface area contributed by atoms with Crippen LogP contribution in [0.1, 0.15) is 6.92 Å². The molecule has 0 radical (unpaired) electrons. The van der Waals surface area contributed by atoms with Gasteiger partial charge in [-0.25, -0.2) is 9.18 Å². The maximum atomic E-state index is 13.1. The lowest BCUT2D eigenvalue weighted by molar-refractivity contribution is -0.130. The third kappa shape index (κ3) is 3.93. The molecule has 0 saturated carbocycles. The van der Waals surface area contributed by atoms with E-state index in [1.165, 1.54) is 19.1 Å². The van der Waals surface area contributed by atoms with Crippen LogP contribution in [-0.4, -0.2) is 47.9 Å². The lowest BCUT2D eigenvalue weighted by Gasteiger charge is -2.34. The predicted octanol–water partition coefficient (Wildman–Crippen LogP) is 2.77. The zero-order valence-electron chi connectivity index (χ0n) is 14.5. The molecule has 3 amide bonds. The van der Waals surface area contributed by atoms with Crippen LogP contribution in [0.15, 0.2) is 42.5 Å². The van der Waals surface area contributed by atoms with E-state index >= 15 is 0 Å². The first-order valence-electron chi connectivity index (χ1n) is 8.41. The van der Waals surface area contributed by atoms with Gasteiger partial charge >= 0.3 is 6.03 Å². The average Bonchev–Trinajstić information content (AvgIpc) is 2.64. The van der Waals surface area contributed by atoms with Crippen molar-refractivity contribution in [3.8, 4) is 11.1 Å². The van der Waals surface area contributed by atoms with Crippen LogP contribution in [0.4, 0.5) is 20.6 Å². The molecule has 0 unspecified atom stereocenters. The first kappa shape index (κ1) is 17.7. The van der Waals surface area contributed by atoms with Crippen molar-refractivity contribution in [3.05, 3.63) is 48.3 Å². The summed E-state index contributed by atoms with van der Waals surface area (Å²) >= 11 is 0. The Bertz CT molecular complexity index is 815. The van der Waals surface area contributed by atoms with Gasteiger partial charge < -0.3 is 20.9 Å². The molecule has 0 atom stereocenters. The van der Waals surface area contributed by atoms with Crippen molar-refractivity contribution in [1.82, 2.24) is 9.80 Å². The number of amides is 3. The van der Waals surface area contributed by atoms with Crippen molar-refractivity contribution < 1.29 is 14.0 Å². The number of halogens is 1. The molecule has 136 valence electrons. The van der Waals surface area contributed by atoms with E-state index in [0.29, 0.717) is 37.6 Å². The quantitative estimate of drug-likeness (QED) is 0.812. The number of hydrogen-bond acceptors (Lipinski definition) is 3. The Hall–Kier alpha value is -3.09. The SMILES string of the molecule is CC(=O)N1CCN(C(=O)Nc2cc(-c3ccc(F)cc3)ccc2N)CC1. The molecule has 0 bridgehead atoms. The Morgan fingerprint density at radius 2 is 1.54 bits per heavy atom. The van der Waals surface area contributed by atoms with Gasteiger partial charge in [-0.05, 0) is 35.4 Å². The van der Waals surface area contributed by atoms with Crippen LogP contribution in [-0.2, 0) is 4.79 Å². The molecule has 1 saturated heterocycles. The summed E-state index contributed by atoms with van der Waals surface area (Å²) in [6, 6.07) is 11.2. The molecule has 1 aliphatic heterocycles. The molecule has 0 spiro atoms. The van der Waals surface area contributed by atoms with Gasteiger partial charge in [-0.2, -0.15) is 0 Å². The van der Waals surface area contributed by atoms with Crippen LogP contribution < -0.4 is 11.1 Å². The molecule has 2 aromatic carbocycles. The van der Waals surface area contributed by atoms with Gasteiger partial charge in [0.05, 0.1) is 11.4 Å². The summed E-state index contributed by atoms with van der Waals surface area (Å²) in [6.45, 7) is 3.52. The number of nitrogens with zero attached hydrogens (tertiary/aromatic N) is 2. The van der Waals surface area contributed by atoms with Crippen LogP contribution in [0.25, 0.3) is 11.1 Å². The maximum Gasteiger partial charge on any atom is 0.322 e. The van der Waals surface area contributed by atoms with E-state index in [4.69, 9.17) is 5.73 Å². The normalized spacial score (nSPS) is 14.2. The summed E-state index contributed by atoms with van der Waals surface area (Å²) in [5.41, 5.74) is 8.60. The minimum absolute atomic E-state index is 0.0151. The number of carbonyl (C=O) groups excluding carboxylic acids is 2. The predicted molar refractivity (Wildman–Crippen MR) is 99.1 cm³/mol. The molecule has 7 heteroatoms. The van der Waals surface area contributed by atoms with Crippen LogP contribution >= 0.6 is 0 Å². The Balaban J connectivity index is 1.71. The zero-order chi connectivity index (χ0) is 18.7. The van der Waals surface area contributed by atoms with Crippen LogP contribution in [0.2, 0.25) is 0 Å². The molecular formula is C19H21FN4O2. The average molecular weight is 356 g/mol. The van der Waals surface area contributed by atoms with Gasteiger partial charge in [-0.15, -0.1) is 0 Å². The Labute approximate surface area is 151 Å². The van der Waals surface area contributed by atoms with E-state index in [-0.39, 0.29) is 17.8 Å². The van der Waals surface area contributed by atoms with Gasteiger partial charge in [0.1, 0.15) is 5.82 Å². The second-order valence-electron chi connectivity index (χ2n) is 6.23. The van der Waals surface area contributed by atoms with Gasteiger partial charge in [0, 0.05) is 33.1 Å². The first-order valence-corrected chi connectivity index (χ1v) is 8.41. The van der Waals surface area contributed by atoms with Crippen LogP contribution in [0.3, 0.4) is 0 Å². The number of benzene rings is 2. The number of rotatable bonds is 2. The van der Waals surface area contributed by atoms with E-state index in [2.05, 4.69) is 5.32 Å². The van der Waals surface area contributed by atoms with Gasteiger partial charge in [0.2, 0.25) is 5.91 Å². The highest BCUT2D eigenvalue weighted by atomic mass is 19.1. The van der Waals surface area contributed by atoms with Gasteiger partial charge in [-0.1, -0.05) is 18.2 Å². The van der Waals surface area contributed by atoms with E-state index in [1.807, 2.05) is 6.07 Å². The second kappa shape index (κ2) is 7.43. The fourth-order valence-electron chi connectivity index (χ4n) is 2.91. The zero-order valence-corrected chi connectivity index (χ0v) is 14.5. The van der Waals surface area contributed by atoms with E-state index in [1.54, 1.807) is 34.1 Å². The van der Waals surface area contributed by atoms with Crippen molar-refractivity contribution in [2.75, 3.05) is 37.2 Å².